The predicted molar refractivity (Wildman–Crippen MR) is 49.1 cm³/mol. The molecule has 0 amide bonds. The molecule has 4 heteroatoms. The quantitative estimate of drug-likeness (QED) is 0.528. The summed E-state index contributed by atoms with van der Waals surface area (Å²) in [7, 11) is 0. The largest absolute Gasteiger partial charge is 0.545 e. The number of carboxylic acid groups (broad SMARTS) is 1. The zero-order valence-electron chi connectivity index (χ0n) is 7.93. The minimum Gasteiger partial charge on any atom is -0.545 e. The lowest BCUT2D eigenvalue weighted by Crippen LogP contribution is -2.22. The summed E-state index contributed by atoms with van der Waals surface area (Å²) in [5.41, 5.74) is 0.0706. The van der Waals surface area contributed by atoms with Crippen LogP contribution in [0.2, 0.25) is 0 Å². The molecule has 78 valence electrons. The van der Waals surface area contributed by atoms with Crippen LogP contribution in [0.3, 0.4) is 0 Å². The van der Waals surface area contributed by atoms with Gasteiger partial charge in [0.05, 0.1) is 11.9 Å². The zero-order chi connectivity index (χ0) is 10.8. The Hall–Kier alpha value is -1.84. The molecule has 1 aliphatic rings. The molecule has 15 heavy (non-hydrogen) atoms. The summed E-state index contributed by atoms with van der Waals surface area (Å²) in [5.74, 6) is -1.08. The van der Waals surface area contributed by atoms with Gasteiger partial charge >= 0.3 is 5.97 Å². The molecule has 0 N–H and O–H groups in total. The normalized spacial score (nSPS) is 14.7. The molecule has 0 radical (unpaired) electrons. The first-order valence-electron chi connectivity index (χ1n) is 4.70. The van der Waals surface area contributed by atoms with Gasteiger partial charge in [-0.15, -0.1) is 0 Å². The van der Waals surface area contributed by atoms with Crippen molar-refractivity contribution in [1.29, 1.82) is 0 Å². The fourth-order valence-corrected chi connectivity index (χ4v) is 1.18. The highest BCUT2D eigenvalue weighted by Crippen LogP contribution is 2.30. The third-order valence-electron chi connectivity index (χ3n) is 2.22. The molecule has 0 aromatic heterocycles. The lowest BCUT2D eigenvalue weighted by atomic mass is 10.2. The van der Waals surface area contributed by atoms with Crippen LogP contribution in [0.25, 0.3) is 0 Å². The number of aromatic carboxylic acids is 1. The van der Waals surface area contributed by atoms with Crippen molar-refractivity contribution in [3.05, 3.63) is 29.8 Å². The molecule has 2 rings (SSSR count). The molecule has 1 fully saturated rings. The van der Waals surface area contributed by atoms with Gasteiger partial charge in [0.15, 0.2) is 0 Å². The Morgan fingerprint density at radius 2 is 1.80 bits per heavy atom. The van der Waals surface area contributed by atoms with Gasteiger partial charge < -0.3 is 14.6 Å². The molecular formula is C11H9O4-. The van der Waals surface area contributed by atoms with Crippen molar-refractivity contribution in [2.75, 3.05) is 0 Å². The number of ether oxygens (including phenoxy) is 1. The van der Waals surface area contributed by atoms with Gasteiger partial charge in [0, 0.05) is 0 Å². The van der Waals surface area contributed by atoms with Crippen LogP contribution in [-0.4, -0.2) is 11.9 Å². The number of esters is 1. The van der Waals surface area contributed by atoms with Gasteiger partial charge in [0.25, 0.3) is 0 Å². The van der Waals surface area contributed by atoms with Gasteiger partial charge in [0.2, 0.25) is 0 Å². The van der Waals surface area contributed by atoms with E-state index in [-0.39, 0.29) is 17.5 Å². The van der Waals surface area contributed by atoms with Gasteiger partial charge in [-0.25, -0.2) is 0 Å². The summed E-state index contributed by atoms with van der Waals surface area (Å²) >= 11 is 0. The third kappa shape index (κ3) is 2.34. The van der Waals surface area contributed by atoms with Crippen LogP contribution in [0.5, 0.6) is 5.75 Å². The van der Waals surface area contributed by atoms with Crippen molar-refractivity contribution in [3.8, 4) is 5.75 Å². The van der Waals surface area contributed by atoms with Gasteiger partial charge in [0.1, 0.15) is 5.75 Å². The second-order valence-corrected chi connectivity index (χ2v) is 3.51. The van der Waals surface area contributed by atoms with E-state index in [1.807, 2.05) is 0 Å². The Labute approximate surface area is 86.5 Å². The van der Waals surface area contributed by atoms with Crippen LogP contribution >= 0.6 is 0 Å². The molecule has 1 aromatic rings. The van der Waals surface area contributed by atoms with Crippen LogP contribution in [-0.2, 0) is 4.79 Å². The molecule has 1 saturated carbocycles. The lowest BCUT2D eigenvalue weighted by molar-refractivity contribution is -0.255. The van der Waals surface area contributed by atoms with Crippen molar-refractivity contribution in [3.63, 3.8) is 0 Å². The first-order valence-corrected chi connectivity index (χ1v) is 4.70. The van der Waals surface area contributed by atoms with E-state index in [1.54, 1.807) is 0 Å². The summed E-state index contributed by atoms with van der Waals surface area (Å²) < 4.78 is 5.02. The van der Waals surface area contributed by atoms with Crippen LogP contribution in [0.4, 0.5) is 0 Å². The monoisotopic (exact) mass is 205 g/mol. The first kappa shape index (κ1) is 9.71. The highest BCUT2D eigenvalue weighted by molar-refractivity contribution is 5.86. The SMILES string of the molecule is O=C([O-])c1ccc(OC(=O)C2CC2)cc1. The van der Waals surface area contributed by atoms with Crippen molar-refractivity contribution < 1.29 is 19.4 Å². The molecular weight excluding hydrogens is 196 g/mol. The molecule has 0 saturated heterocycles. The van der Waals surface area contributed by atoms with E-state index in [1.165, 1.54) is 24.3 Å². The first-order chi connectivity index (χ1) is 7.16. The molecule has 0 aliphatic heterocycles. The van der Waals surface area contributed by atoms with Gasteiger partial charge in [-0.3, -0.25) is 4.79 Å². The smallest absolute Gasteiger partial charge is 0.314 e. The molecule has 1 aromatic carbocycles. The van der Waals surface area contributed by atoms with Crippen molar-refractivity contribution in [1.82, 2.24) is 0 Å². The Balaban J connectivity index is 2.03. The number of benzene rings is 1. The Bertz CT molecular complexity index is 390. The van der Waals surface area contributed by atoms with Gasteiger partial charge in [-0.05, 0) is 42.7 Å². The maximum absolute atomic E-state index is 11.2. The van der Waals surface area contributed by atoms with Crippen molar-refractivity contribution in [2.45, 2.75) is 12.8 Å². The molecule has 4 nitrogen and oxygen atoms in total. The van der Waals surface area contributed by atoms with Crippen LogP contribution in [0.15, 0.2) is 24.3 Å². The number of rotatable bonds is 3. The molecule has 1 aliphatic carbocycles. The van der Waals surface area contributed by atoms with E-state index in [4.69, 9.17) is 4.74 Å². The maximum Gasteiger partial charge on any atom is 0.314 e. The van der Waals surface area contributed by atoms with Gasteiger partial charge in [-0.1, -0.05) is 0 Å². The number of carbonyl (C=O) groups excluding carboxylic acids is 2. The minimum absolute atomic E-state index is 0.0332. The predicted octanol–water partition coefficient (Wildman–Crippen LogP) is 0.365. The van der Waals surface area contributed by atoms with E-state index in [0.717, 1.165) is 12.8 Å². The van der Waals surface area contributed by atoms with Crippen molar-refractivity contribution >= 4 is 11.9 Å². The van der Waals surface area contributed by atoms with Crippen LogP contribution in [0, 0.1) is 5.92 Å². The highest BCUT2D eigenvalue weighted by Gasteiger charge is 2.31. The average molecular weight is 205 g/mol. The molecule has 0 bridgehead atoms. The second-order valence-electron chi connectivity index (χ2n) is 3.51. The second kappa shape index (κ2) is 3.73. The Morgan fingerprint density at radius 3 is 2.27 bits per heavy atom. The third-order valence-corrected chi connectivity index (χ3v) is 2.22. The Morgan fingerprint density at radius 1 is 1.20 bits per heavy atom. The molecule has 0 heterocycles. The average Bonchev–Trinajstić information content (AvgIpc) is 3.01. The topological polar surface area (TPSA) is 66.4 Å². The van der Waals surface area contributed by atoms with Crippen LogP contribution in [0.1, 0.15) is 23.2 Å². The fourth-order valence-electron chi connectivity index (χ4n) is 1.18. The fraction of sp³-hybridized carbons (Fsp3) is 0.273. The minimum atomic E-state index is -1.24. The van der Waals surface area contributed by atoms with Crippen molar-refractivity contribution in [2.24, 2.45) is 5.92 Å². The number of hydrogen-bond donors (Lipinski definition) is 0. The molecule has 0 spiro atoms. The highest BCUT2D eigenvalue weighted by atomic mass is 16.5. The van der Waals surface area contributed by atoms with E-state index in [9.17, 15) is 14.7 Å². The zero-order valence-corrected chi connectivity index (χ0v) is 7.93. The summed E-state index contributed by atoms with van der Waals surface area (Å²) in [5, 5.41) is 10.4. The van der Waals surface area contributed by atoms with E-state index < -0.39 is 5.97 Å². The summed E-state index contributed by atoms with van der Waals surface area (Å²) in [4.78, 5) is 21.7. The maximum atomic E-state index is 11.2. The number of hydrogen-bond acceptors (Lipinski definition) is 4. The molecule has 0 unspecified atom stereocenters. The summed E-state index contributed by atoms with van der Waals surface area (Å²) in [6.45, 7) is 0. The summed E-state index contributed by atoms with van der Waals surface area (Å²) in [6.07, 6.45) is 1.77. The molecule has 0 atom stereocenters. The van der Waals surface area contributed by atoms with Crippen LogP contribution < -0.4 is 9.84 Å². The summed E-state index contributed by atoms with van der Waals surface area (Å²) in [6, 6.07) is 5.60. The van der Waals surface area contributed by atoms with E-state index >= 15 is 0 Å². The van der Waals surface area contributed by atoms with E-state index in [0.29, 0.717) is 5.75 Å². The Kier molecular flexibility index (Phi) is 2.41. The number of carbonyl (C=O) groups is 2. The number of carboxylic acids is 1. The van der Waals surface area contributed by atoms with Gasteiger partial charge in [-0.2, -0.15) is 0 Å². The standard InChI is InChI=1S/C11H10O4/c12-10(13)7-3-5-9(6-4-7)15-11(14)8-1-2-8/h3-6,8H,1-2H2,(H,12,13)/p-1. The lowest BCUT2D eigenvalue weighted by Gasteiger charge is -2.05. The van der Waals surface area contributed by atoms with E-state index in [2.05, 4.69) is 0 Å².